The molecule has 5 heteroatoms. The Morgan fingerprint density at radius 3 is 2.94 bits per heavy atom. The Morgan fingerprint density at radius 1 is 1.44 bits per heavy atom. The smallest absolute Gasteiger partial charge is 0.280 e. The average Bonchev–Trinajstić information content (AvgIpc) is 2.32. The first-order valence-electron chi connectivity index (χ1n) is 4.95. The van der Waals surface area contributed by atoms with Crippen molar-refractivity contribution in [2.45, 2.75) is 6.92 Å². The summed E-state index contributed by atoms with van der Waals surface area (Å²) >= 11 is 0. The van der Waals surface area contributed by atoms with Gasteiger partial charge in [-0.3, -0.25) is 4.79 Å². The Morgan fingerprint density at radius 2 is 2.25 bits per heavy atom. The van der Waals surface area contributed by atoms with E-state index in [-0.39, 0.29) is 5.56 Å². The number of hydrogen-bond donors (Lipinski definition) is 0. The summed E-state index contributed by atoms with van der Waals surface area (Å²) < 4.78 is 6.58. The van der Waals surface area contributed by atoms with Crippen molar-refractivity contribution in [1.82, 2.24) is 9.71 Å². The maximum Gasteiger partial charge on any atom is 0.280 e. The summed E-state index contributed by atoms with van der Waals surface area (Å²) in [6, 6.07) is 5.15. The third-order valence-electron chi connectivity index (χ3n) is 2.22. The number of ether oxygens (including phenoxy) is 1. The van der Waals surface area contributed by atoms with Gasteiger partial charge in [-0.2, -0.15) is 9.71 Å². The topological polar surface area (TPSA) is 53.4 Å². The van der Waals surface area contributed by atoms with Gasteiger partial charge in [0.05, 0.1) is 18.0 Å². The molecule has 0 aliphatic carbocycles. The second-order valence-electron chi connectivity index (χ2n) is 3.18. The molecule has 0 atom stereocenters. The van der Waals surface area contributed by atoms with E-state index >= 15 is 0 Å². The van der Waals surface area contributed by atoms with E-state index in [0.717, 1.165) is 0 Å². The van der Waals surface area contributed by atoms with Crippen LogP contribution in [0.4, 0.5) is 0 Å². The van der Waals surface area contributed by atoms with Crippen LogP contribution in [-0.2, 0) is 0 Å². The van der Waals surface area contributed by atoms with Crippen molar-refractivity contribution in [2.24, 2.45) is 0 Å². The van der Waals surface area contributed by atoms with Gasteiger partial charge in [-0.1, -0.05) is 0 Å². The first-order chi connectivity index (χ1) is 7.76. The molecule has 84 valence electrons. The molecular formula is C11H12N2O3. The molecule has 0 radical (unpaired) electrons. The lowest BCUT2D eigenvalue weighted by molar-refractivity contribution is 0.128. The molecule has 0 N–H and O–H groups in total. The van der Waals surface area contributed by atoms with Gasteiger partial charge in [-0.15, -0.1) is 0 Å². The fourth-order valence-corrected chi connectivity index (χ4v) is 1.48. The number of rotatable bonds is 3. The van der Waals surface area contributed by atoms with Crippen LogP contribution in [0.1, 0.15) is 6.92 Å². The molecule has 0 unspecified atom stereocenters. The van der Waals surface area contributed by atoms with E-state index in [0.29, 0.717) is 23.3 Å². The normalized spacial score (nSPS) is 10.4. The largest absolute Gasteiger partial charge is 0.497 e. The van der Waals surface area contributed by atoms with Crippen molar-refractivity contribution in [3.8, 4) is 5.75 Å². The van der Waals surface area contributed by atoms with Crippen LogP contribution >= 0.6 is 0 Å². The molecule has 0 saturated carbocycles. The van der Waals surface area contributed by atoms with Crippen molar-refractivity contribution in [1.29, 1.82) is 0 Å². The van der Waals surface area contributed by atoms with Crippen molar-refractivity contribution in [2.75, 3.05) is 13.7 Å². The summed E-state index contributed by atoms with van der Waals surface area (Å²) in [4.78, 5) is 20.6. The summed E-state index contributed by atoms with van der Waals surface area (Å²) in [5, 5.41) is 0.511. The second kappa shape index (κ2) is 4.22. The molecule has 0 fully saturated rings. The number of benzene rings is 1. The van der Waals surface area contributed by atoms with E-state index in [1.54, 1.807) is 25.3 Å². The van der Waals surface area contributed by atoms with Gasteiger partial charge in [0.2, 0.25) is 0 Å². The van der Waals surface area contributed by atoms with Crippen molar-refractivity contribution < 1.29 is 9.57 Å². The van der Waals surface area contributed by atoms with Crippen molar-refractivity contribution in [3.63, 3.8) is 0 Å². The Balaban J connectivity index is 2.72. The van der Waals surface area contributed by atoms with E-state index in [1.165, 1.54) is 11.1 Å². The van der Waals surface area contributed by atoms with Crippen LogP contribution in [-0.4, -0.2) is 23.4 Å². The second-order valence-corrected chi connectivity index (χ2v) is 3.18. The highest BCUT2D eigenvalue weighted by atomic mass is 16.7. The molecule has 0 saturated heterocycles. The molecule has 0 aliphatic rings. The Bertz CT molecular complexity index is 563. The van der Waals surface area contributed by atoms with E-state index < -0.39 is 0 Å². The zero-order valence-corrected chi connectivity index (χ0v) is 9.14. The standard InChI is InChI=1S/C11H12N2O3/c1-3-16-13-7-12-11(14)9-5-4-8(15-2)6-10(9)13/h4-7H,3H2,1-2H3. The lowest BCUT2D eigenvalue weighted by atomic mass is 10.2. The summed E-state index contributed by atoms with van der Waals surface area (Å²) in [5.74, 6) is 0.673. The van der Waals surface area contributed by atoms with Crippen LogP contribution in [0.3, 0.4) is 0 Å². The highest BCUT2D eigenvalue weighted by molar-refractivity contribution is 5.79. The maximum atomic E-state index is 11.5. The first-order valence-corrected chi connectivity index (χ1v) is 4.95. The van der Waals surface area contributed by atoms with Gasteiger partial charge >= 0.3 is 0 Å². The van der Waals surface area contributed by atoms with Crippen LogP contribution in [0, 0.1) is 0 Å². The van der Waals surface area contributed by atoms with Crippen molar-refractivity contribution in [3.05, 3.63) is 34.9 Å². The van der Waals surface area contributed by atoms with Crippen LogP contribution in [0.15, 0.2) is 29.3 Å². The molecule has 0 bridgehead atoms. The molecule has 16 heavy (non-hydrogen) atoms. The number of hydrogen-bond acceptors (Lipinski definition) is 4. The predicted molar refractivity (Wildman–Crippen MR) is 59.7 cm³/mol. The molecule has 2 aromatic rings. The molecule has 2 rings (SSSR count). The number of methoxy groups -OCH3 is 1. The molecule has 5 nitrogen and oxygen atoms in total. The summed E-state index contributed by atoms with van der Waals surface area (Å²) in [6.07, 6.45) is 1.37. The average molecular weight is 220 g/mol. The fourth-order valence-electron chi connectivity index (χ4n) is 1.48. The molecule has 1 aromatic carbocycles. The predicted octanol–water partition coefficient (Wildman–Crippen LogP) is 0.854. The third kappa shape index (κ3) is 1.71. The van der Waals surface area contributed by atoms with E-state index in [9.17, 15) is 4.79 Å². The Hall–Kier alpha value is -2.04. The molecule has 0 spiro atoms. The van der Waals surface area contributed by atoms with Crippen LogP contribution in [0.2, 0.25) is 0 Å². The minimum Gasteiger partial charge on any atom is -0.497 e. The van der Waals surface area contributed by atoms with Gasteiger partial charge in [0.15, 0.2) is 0 Å². The summed E-state index contributed by atoms with van der Waals surface area (Å²) in [5.41, 5.74) is 0.384. The van der Waals surface area contributed by atoms with E-state index in [4.69, 9.17) is 9.57 Å². The van der Waals surface area contributed by atoms with Crippen LogP contribution in [0.5, 0.6) is 5.75 Å². The zero-order valence-electron chi connectivity index (χ0n) is 9.14. The minimum atomic E-state index is -0.270. The number of nitrogens with zero attached hydrogens (tertiary/aromatic N) is 2. The van der Waals surface area contributed by atoms with E-state index in [2.05, 4.69) is 4.98 Å². The summed E-state index contributed by atoms with van der Waals surface area (Å²) in [6.45, 7) is 2.36. The van der Waals surface area contributed by atoms with Gasteiger partial charge in [-0.25, -0.2) is 0 Å². The zero-order chi connectivity index (χ0) is 11.5. The van der Waals surface area contributed by atoms with Crippen LogP contribution in [0.25, 0.3) is 10.9 Å². The quantitative estimate of drug-likeness (QED) is 0.769. The van der Waals surface area contributed by atoms with Gasteiger partial charge in [0.25, 0.3) is 5.56 Å². The lowest BCUT2D eigenvalue weighted by Gasteiger charge is -2.10. The molecular weight excluding hydrogens is 208 g/mol. The lowest BCUT2D eigenvalue weighted by Crippen LogP contribution is -2.18. The van der Waals surface area contributed by atoms with Gasteiger partial charge in [0, 0.05) is 6.07 Å². The molecule has 1 heterocycles. The fraction of sp³-hybridized carbons (Fsp3) is 0.273. The highest BCUT2D eigenvalue weighted by Crippen LogP contribution is 2.16. The Labute approximate surface area is 92.2 Å². The monoisotopic (exact) mass is 220 g/mol. The van der Waals surface area contributed by atoms with Gasteiger partial charge < -0.3 is 9.57 Å². The van der Waals surface area contributed by atoms with Crippen LogP contribution < -0.4 is 15.1 Å². The molecule has 0 aliphatic heterocycles. The Kier molecular flexibility index (Phi) is 2.76. The number of fused-ring (bicyclic) bond motifs is 1. The van der Waals surface area contributed by atoms with Crippen molar-refractivity contribution >= 4 is 10.9 Å². The summed E-state index contributed by atoms with van der Waals surface area (Å²) in [7, 11) is 1.57. The molecule has 1 aromatic heterocycles. The van der Waals surface area contributed by atoms with Gasteiger partial charge in [-0.05, 0) is 19.1 Å². The van der Waals surface area contributed by atoms with E-state index in [1.807, 2.05) is 6.92 Å². The SMILES string of the molecule is CCOn1cnc(=O)c2ccc(OC)cc21. The highest BCUT2D eigenvalue weighted by Gasteiger charge is 2.05. The third-order valence-corrected chi connectivity index (χ3v) is 2.22. The number of aromatic nitrogens is 2. The maximum absolute atomic E-state index is 11.5. The first kappa shape index (κ1) is 10.5. The van der Waals surface area contributed by atoms with Gasteiger partial charge in [0.1, 0.15) is 18.7 Å². The molecule has 0 amide bonds. The minimum absolute atomic E-state index is 0.270.